The van der Waals surface area contributed by atoms with Crippen LogP contribution < -0.4 is 15.4 Å². The molecule has 0 heterocycles. The molecule has 1 aliphatic carbocycles. The molecule has 0 saturated heterocycles. The van der Waals surface area contributed by atoms with Crippen LogP contribution in [0, 0.1) is 19.8 Å². The smallest absolute Gasteiger partial charge is 0.344 e. The Balaban J connectivity index is 1.65. The van der Waals surface area contributed by atoms with Crippen molar-refractivity contribution >= 4 is 17.9 Å². The molecule has 1 saturated carbocycles. The fourth-order valence-corrected chi connectivity index (χ4v) is 3.03. The van der Waals surface area contributed by atoms with E-state index in [1.54, 1.807) is 6.07 Å². The number of amides is 3. The van der Waals surface area contributed by atoms with Crippen LogP contribution in [0.15, 0.2) is 18.2 Å². The molecule has 0 unspecified atom stereocenters. The minimum atomic E-state index is -0.676. The van der Waals surface area contributed by atoms with Crippen LogP contribution in [-0.2, 0) is 14.3 Å². The van der Waals surface area contributed by atoms with E-state index in [-0.39, 0.29) is 12.6 Å². The van der Waals surface area contributed by atoms with Gasteiger partial charge in [-0.2, -0.15) is 0 Å². The number of aryl methyl sites for hydroxylation is 2. The zero-order valence-corrected chi connectivity index (χ0v) is 16.2. The second-order valence-electron chi connectivity index (χ2n) is 7.09. The summed E-state index contributed by atoms with van der Waals surface area (Å²) in [4.78, 5) is 35.3. The molecule has 7 nitrogen and oxygen atoms in total. The molecule has 0 aromatic heterocycles. The quantitative estimate of drug-likeness (QED) is 0.745. The molecule has 1 aliphatic rings. The van der Waals surface area contributed by atoms with Crippen molar-refractivity contribution in [1.82, 2.24) is 10.6 Å². The van der Waals surface area contributed by atoms with Gasteiger partial charge in [0.25, 0.3) is 5.91 Å². The lowest BCUT2D eigenvalue weighted by molar-refractivity contribution is -0.150. The van der Waals surface area contributed by atoms with Crippen molar-refractivity contribution in [2.45, 2.75) is 52.5 Å². The maximum atomic E-state index is 11.9. The van der Waals surface area contributed by atoms with Crippen LogP contribution in [0.4, 0.5) is 4.79 Å². The normalized spacial score (nSPS) is 19.1. The van der Waals surface area contributed by atoms with Crippen molar-refractivity contribution in [2.75, 3.05) is 13.2 Å². The first-order valence-electron chi connectivity index (χ1n) is 9.31. The number of ether oxygens (including phenoxy) is 2. The Morgan fingerprint density at radius 1 is 1.07 bits per heavy atom. The van der Waals surface area contributed by atoms with E-state index < -0.39 is 24.5 Å². The van der Waals surface area contributed by atoms with E-state index in [0.29, 0.717) is 11.7 Å². The van der Waals surface area contributed by atoms with Crippen LogP contribution in [0.5, 0.6) is 5.75 Å². The predicted molar refractivity (Wildman–Crippen MR) is 100 cm³/mol. The zero-order valence-electron chi connectivity index (χ0n) is 16.2. The van der Waals surface area contributed by atoms with Crippen LogP contribution in [0.25, 0.3) is 0 Å². The number of urea groups is 1. The Morgan fingerprint density at radius 2 is 1.81 bits per heavy atom. The van der Waals surface area contributed by atoms with Crippen LogP contribution in [0.1, 0.15) is 43.7 Å². The van der Waals surface area contributed by atoms with E-state index >= 15 is 0 Å². The van der Waals surface area contributed by atoms with Crippen LogP contribution in [-0.4, -0.2) is 37.2 Å². The molecule has 0 aliphatic heterocycles. The molecular formula is C20H28N2O5. The summed E-state index contributed by atoms with van der Waals surface area (Å²) >= 11 is 0. The number of carbonyl (C=O) groups is 3. The Morgan fingerprint density at radius 3 is 2.52 bits per heavy atom. The van der Waals surface area contributed by atoms with Crippen molar-refractivity contribution in [1.29, 1.82) is 0 Å². The predicted octanol–water partition coefficient (Wildman–Crippen LogP) is 2.63. The van der Waals surface area contributed by atoms with Gasteiger partial charge in [-0.25, -0.2) is 9.59 Å². The molecule has 0 radical (unpaired) electrons. The lowest BCUT2D eigenvalue weighted by Crippen LogP contribution is -2.48. The van der Waals surface area contributed by atoms with Crippen molar-refractivity contribution < 1.29 is 23.9 Å². The number of nitrogens with one attached hydrogen (secondary N) is 2. The molecular weight excluding hydrogens is 348 g/mol. The summed E-state index contributed by atoms with van der Waals surface area (Å²) in [5.41, 5.74) is 2.18. The summed E-state index contributed by atoms with van der Waals surface area (Å²) in [7, 11) is 0. The standard InChI is InChI=1S/C20H28N2O5/c1-13-8-9-16(10-15(13)3)26-12-19(24)27-11-18(23)22-20(25)21-17-7-5-4-6-14(17)2/h8-10,14,17H,4-7,11-12H2,1-3H3,(H2,21,22,23,25)/t14-,17-/m1/s1. The van der Waals surface area contributed by atoms with Crippen LogP contribution in [0.3, 0.4) is 0 Å². The lowest BCUT2D eigenvalue weighted by Gasteiger charge is -2.29. The van der Waals surface area contributed by atoms with E-state index in [1.165, 1.54) is 6.42 Å². The van der Waals surface area contributed by atoms with Crippen LogP contribution in [0.2, 0.25) is 0 Å². The average molecular weight is 376 g/mol. The Hall–Kier alpha value is -2.57. The monoisotopic (exact) mass is 376 g/mol. The van der Waals surface area contributed by atoms with Crippen molar-refractivity contribution in [3.63, 3.8) is 0 Å². The van der Waals surface area contributed by atoms with E-state index in [2.05, 4.69) is 17.6 Å². The van der Waals surface area contributed by atoms with E-state index in [1.807, 2.05) is 26.0 Å². The minimum absolute atomic E-state index is 0.0699. The average Bonchev–Trinajstić information content (AvgIpc) is 2.63. The van der Waals surface area contributed by atoms with Gasteiger partial charge < -0.3 is 14.8 Å². The maximum Gasteiger partial charge on any atom is 0.344 e. The molecule has 148 valence electrons. The molecule has 1 aromatic rings. The highest BCUT2D eigenvalue weighted by Crippen LogP contribution is 2.23. The van der Waals surface area contributed by atoms with Gasteiger partial charge in [0.1, 0.15) is 5.75 Å². The van der Waals surface area contributed by atoms with Gasteiger partial charge in [-0.05, 0) is 55.9 Å². The van der Waals surface area contributed by atoms with Crippen molar-refractivity contribution in [3.05, 3.63) is 29.3 Å². The number of imide groups is 1. The second kappa shape index (κ2) is 9.94. The molecule has 7 heteroatoms. The molecule has 2 N–H and O–H groups in total. The minimum Gasteiger partial charge on any atom is -0.482 e. The first-order valence-corrected chi connectivity index (χ1v) is 9.31. The summed E-state index contributed by atoms with van der Waals surface area (Å²) < 4.78 is 10.2. The maximum absolute atomic E-state index is 11.9. The molecule has 0 bridgehead atoms. The topological polar surface area (TPSA) is 93.7 Å². The van der Waals surface area contributed by atoms with Gasteiger partial charge in [-0.15, -0.1) is 0 Å². The van der Waals surface area contributed by atoms with Gasteiger partial charge in [0.2, 0.25) is 0 Å². The number of esters is 1. The second-order valence-corrected chi connectivity index (χ2v) is 7.09. The first-order chi connectivity index (χ1) is 12.8. The van der Waals surface area contributed by atoms with Crippen LogP contribution >= 0.6 is 0 Å². The molecule has 27 heavy (non-hydrogen) atoms. The van der Waals surface area contributed by atoms with Gasteiger partial charge in [0, 0.05) is 6.04 Å². The summed E-state index contributed by atoms with van der Waals surface area (Å²) in [6.45, 7) is 5.19. The molecule has 1 aromatic carbocycles. The van der Waals surface area contributed by atoms with Crippen molar-refractivity contribution in [3.8, 4) is 5.75 Å². The van der Waals surface area contributed by atoms with Crippen molar-refractivity contribution in [2.24, 2.45) is 5.92 Å². The molecule has 0 spiro atoms. The third-order valence-electron chi connectivity index (χ3n) is 4.88. The largest absolute Gasteiger partial charge is 0.482 e. The van der Waals surface area contributed by atoms with E-state index in [0.717, 1.165) is 30.4 Å². The van der Waals surface area contributed by atoms with E-state index in [9.17, 15) is 14.4 Å². The van der Waals surface area contributed by atoms with Gasteiger partial charge in [-0.3, -0.25) is 10.1 Å². The van der Waals surface area contributed by atoms with Gasteiger partial charge in [0.15, 0.2) is 13.2 Å². The zero-order chi connectivity index (χ0) is 19.8. The number of carbonyl (C=O) groups excluding carboxylic acids is 3. The lowest BCUT2D eigenvalue weighted by atomic mass is 9.86. The summed E-state index contributed by atoms with van der Waals surface area (Å²) in [6, 6.07) is 5.00. The molecule has 2 atom stereocenters. The number of benzene rings is 1. The fourth-order valence-electron chi connectivity index (χ4n) is 3.03. The molecule has 3 amide bonds. The molecule has 2 rings (SSSR count). The third-order valence-corrected chi connectivity index (χ3v) is 4.88. The SMILES string of the molecule is Cc1ccc(OCC(=O)OCC(=O)NC(=O)N[C@@H]2CCCC[C@H]2C)cc1C. The first kappa shape index (κ1) is 20.7. The molecule has 1 fully saturated rings. The number of hydrogen-bond acceptors (Lipinski definition) is 5. The summed E-state index contributed by atoms with van der Waals surface area (Å²) in [5.74, 6) is -0.402. The van der Waals surface area contributed by atoms with Gasteiger partial charge in [-0.1, -0.05) is 25.8 Å². The Labute approximate surface area is 159 Å². The Bertz CT molecular complexity index is 689. The number of rotatable bonds is 6. The summed E-state index contributed by atoms with van der Waals surface area (Å²) in [6.07, 6.45) is 4.21. The summed E-state index contributed by atoms with van der Waals surface area (Å²) in [5, 5.41) is 4.99. The number of hydrogen-bond donors (Lipinski definition) is 2. The third kappa shape index (κ3) is 6.92. The highest BCUT2D eigenvalue weighted by molar-refractivity contribution is 5.95. The fraction of sp³-hybridized carbons (Fsp3) is 0.550. The van der Waals surface area contributed by atoms with Gasteiger partial charge >= 0.3 is 12.0 Å². The highest BCUT2D eigenvalue weighted by Gasteiger charge is 2.23. The van der Waals surface area contributed by atoms with Gasteiger partial charge in [0.05, 0.1) is 0 Å². The Kier molecular flexibility index (Phi) is 7.64. The highest BCUT2D eigenvalue weighted by atomic mass is 16.6. The van der Waals surface area contributed by atoms with E-state index in [4.69, 9.17) is 9.47 Å².